The van der Waals surface area contributed by atoms with E-state index in [1.54, 1.807) is 14.7 Å². The summed E-state index contributed by atoms with van der Waals surface area (Å²) in [4.78, 5) is 50.9. The number of carbonyl (C=O) groups excluding carboxylic acids is 3. The van der Waals surface area contributed by atoms with E-state index in [1.165, 1.54) is 0 Å². The van der Waals surface area contributed by atoms with Gasteiger partial charge in [-0.05, 0) is 63.8 Å². The minimum atomic E-state index is -1.34. The molecular weight excluding hydrogens is 544 g/mol. The van der Waals surface area contributed by atoms with E-state index in [1.807, 2.05) is 76.3 Å². The number of hydrogen-bond donors (Lipinski definition) is 1. The van der Waals surface area contributed by atoms with Crippen LogP contribution in [0.2, 0.25) is 0 Å². The first-order valence-corrected chi connectivity index (χ1v) is 16.0. The summed E-state index contributed by atoms with van der Waals surface area (Å²) in [5, 5.41) is 10.6. The van der Waals surface area contributed by atoms with Gasteiger partial charge in [-0.25, -0.2) is 0 Å². The number of hydrogen-bond acceptors (Lipinski definition) is 6. The second-order valence-corrected chi connectivity index (χ2v) is 12.9. The molecule has 0 saturated carbocycles. The van der Waals surface area contributed by atoms with E-state index in [-0.39, 0.29) is 30.2 Å². The van der Waals surface area contributed by atoms with Crippen molar-refractivity contribution in [3.63, 3.8) is 0 Å². The van der Waals surface area contributed by atoms with Crippen LogP contribution >= 0.6 is 0 Å². The van der Waals surface area contributed by atoms with E-state index >= 15 is 0 Å². The first kappa shape index (κ1) is 31.3. The van der Waals surface area contributed by atoms with Crippen LogP contribution in [0.25, 0.3) is 0 Å². The van der Waals surface area contributed by atoms with Crippen LogP contribution in [0, 0.1) is 17.8 Å². The van der Waals surface area contributed by atoms with E-state index in [0.29, 0.717) is 26.1 Å². The molecular formula is C34H48N4O5. The number of aliphatic hydroxyl groups is 1. The summed E-state index contributed by atoms with van der Waals surface area (Å²) in [6.45, 7) is 15.0. The molecule has 2 saturated heterocycles. The number of carbonyl (C=O) groups is 3. The molecule has 4 heterocycles. The van der Waals surface area contributed by atoms with Gasteiger partial charge in [0.2, 0.25) is 11.8 Å². The summed E-state index contributed by atoms with van der Waals surface area (Å²) in [7, 11) is 0. The molecule has 0 aromatic heterocycles. The molecule has 9 heteroatoms. The summed E-state index contributed by atoms with van der Waals surface area (Å²) < 4.78 is 6.94. The SMILES string of the molecule is CCCN1CC=C[C@@]2(C)O[C@]34C=CCN(c5ccc(N(CC)CC)cc5)C(=O)C3N([C@@H](CO)CC(C)C)C(=O)[C@@H]4[C@H]2C1=O. The van der Waals surface area contributed by atoms with Gasteiger partial charge in [0.15, 0.2) is 0 Å². The van der Waals surface area contributed by atoms with E-state index in [0.717, 1.165) is 30.9 Å². The second-order valence-electron chi connectivity index (χ2n) is 12.9. The third-order valence-electron chi connectivity index (χ3n) is 9.71. The minimum Gasteiger partial charge on any atom is -0.394 e. The zero-order chi connectivity index (χ0) is 31.1. The Bertz CT molecular complexity index is 1270. The zero-order valence-electron chi connectivity index (χ0n) is 26.5. The summed E-state index contributed by atoms with van der Waals surface area (Å²) in [6.07, 6.45) is 8.96. The quantitative estimate of drug-likeness (QED) is 0.418. The lowest BCUT2D eigenvalue weighted by Gasteiger charge is -2.40. The van der Waals surface area contributed by atoms with Gasteiger partial charge in [0, 0.05) is 44.1 Å². The van der Waals surface area contributed by atoms with Crippen molar-refractivity contribution in [2.24, 2.45) is 17.8 Å². The van der Waals surface area contributed by atoms with Gasteiger partial charge < -0.3 is 29.4 Å². The molecule has 4 aliphatic rings. The van der Waals surface area contributed by atoms with Crippen molar-refractivity contribution >= 4 is 29.1 Å². The van der Waals surface area contributed by atoms with Crippen molar-refractivity contribution in [2.75, 3.05) is 49.1 Å². The van der Waals surface area contributed by atoms with Crippen LogP contribution < -0.4 is 9.80 Å². The summed E-state index contributed by atoms with van der Waals surface area (Å²) in [5.74, 6) is -2.17. The second kappa shape index (κ2) is 12.1. The number of benzene rings is 1. The highest BCUT2D eigenvalue weighted by molar-refractivity contribution is 6.06. The normalized spacial score (nSPS) is 30.8. The van der Waals surface area contributed by atoms with Crippen molar-refractivity contribution in [3.8, 4) is 0 Å². The van der Waals surface area contributed by atoms with Gasteiger partial charge in [-0.1, -0.05) is 45.1 Å². The molecule has 43 heavy (non-hydrogen) atoms. The Morgan fingerprint density at radius 2 is 1.63 bits per heavy atom. The number of amides is 3. The smallest absolute Gasteiger partial charge is 0.253 e. The average molecular weight is 593 g/mol. The molecule has 1 N–H and O–H groups in total. The largest absolute Gasteiger partial charge is 0.394 e. The summed E-state index contributed by atoms with van der Waals surface area (Å²) >= 11 is 0. The standard InChI is InChI=1S/C34H48N4O5/c1-7-18-36-19-10-16-33(6)27(30(36)40)28-31(41)38(26(22-39)21-23(4)5)29-32(42)37(20-11-17-34(28,29)43-33)25-14-12-24(13-15-25)35(8-2)9-3/h10-17,23,26-29,39H,7-9,18-22H2,1-6H3/t26-,27+,28+,29?,33-,34+/m1/s1. The highest BCUT2D eigenvalue weighted by Gasteiger charge is 2.75. The Labute approximate surface area is 256 Å². The summed E-state index contributed by atoms with van der Waals surface area (Å²) in [5.41, 5.74) is -0.593. The highest BCUT2D eigenvalue weighted by atomic mass is 16.5. The lowest BCUT2D eigenvalue weighted by Crippen LogP contribution is -2.59. The number of nitrogens with zero attached hydrogens (tertiary/aromatic N) is 4. The van der Waals surface area contributed by atoms with Crippen molar-refractivity contribution in [1.29, 1.82) is 0 Å². The Kier molecular flexibility index (Phi) is 8.78. The fourth-order valence-corrected chi connectivity index (χ4v) is 7.86. The number of likely N-dealkylation sites (tertiary alicyclic amines) is 1. The monoisotopic (exact) mass is 592 g/mol. The number of ether oxygens (including phenoxy) is 1. The third kappa shape index (κ3) is 5.08. The van der Waals surface area contributed by atoms with Gasteiger partial charge >= 0.3 is 0 Å². The van der Waals surface area contributed by atoms with E-state index in [2.05, 4.69) is 18.7 Å². The van der Waals surface area contributed by atoms with Crippen LogP contribution in [0.4, 0.5) is 11.4 Å². The van der Waals surface area contributed by atoms with Gasteiger partial charge in [-0.2, -0.15) is 0 Å². The van der Waals surface area contributed by atoms with Crippen LogP contribution in [0.5, 0.6) is 0 Å². The molecule has 1 spiro atoms. The third-order valence-corrected chi connectivity index (χ3v) is 9.71. The highest BCUT2D eigenvalue weighted by Crippen LogP contribution is 2.58. The maximum absolute atomic E-state index is 14.8. The maximum atomic E-state index is 14.8. The van der Waals surface area contributed by atoms with Crippen LogP contribution in [0.3, 0.4) is 0 Å². The van der Waals surface area contributed by atoms with E-state index in [9.17, 15) is 19.5 Å². The zero-order valence-corrected chi connectivity index (χ0v) is 26.5. The molecule has 2 fully saturated rings. The van der Waals surface area contributed by atoms with Crippen molar-refractivity contribution in [2.45, 2.75) is 77.7 Å². The number of aliphatic hydroxyl groups excluding tert-OH is 1. The van der Waals surface area contributed by atoms with E-state index < -0.39 is 35.1 Å². The molecule has 0 aliphatic carbocycles. The van der Waals surface area contributed by atoms with Crippen LogP contribution in [0.15, 0.2) is 48.6 Å². The van der Waals surface area contributed by atoms with Gasteiger partial charge in [0.25, 0.3) is 5.91 Å². The molecule has 234 valence electrons. The van der Waals surface area contributed by atoms with Gasteiger partial charge in [0.1, 0.15) is 11.6 Å². The van der Waals surface area contributed by atoms with Crippen LogP contribution in [0.1, 0.15) is 54.4 Å². The molecule has 1 aromatic rings. The fraction of sp³-hybridized carbons (Fsp3) is 0.618. The number of anilines is 2. The predicted octanol–water partition coefficient (Wildman–Crippen LogP) is 3.62. The van der Waals surface area contributed by atoms with Crippen molar-refractivity contribution in [1.82, 2.24) is 9.80 Å². The lowest BCUT2D eigenvalue weighted by atomic mass is 9.74. The molecule has 5 rings (SSSR count). The Hall–Kier alpha value is -3.17. The lowest BCUT2D eigenvalue weighted by molar-refractivity contribution is -0.151. The Balaban J connectivity index is 1.62. The minimum absolute atomic E-state index is 0.122. The van der Waals surface area contributed by atoms with Crippen LogP contribution in [-0.2, 0) is 19.1 Å². The predicted molar refractivity (Wildman–Crippen MR) is 168 cm³/mol. The number of fused-ring (bicyclic) bond motifs is 2. The average Bonchev–Trinajstić information content (AvgIpc) is 3.26. The molecule has 0 radical (unpaired) electrons. The van der Waals surface area contributed by atoms with Gasteiger partial charge in [-0.3, -0.25) is 14.4 Å². The molecule has 4 aliphatic heterocycles. The molecule has 6 atom stereocenters. The first-order valence-electron chi connectivity index (χ1n) is 16.0. The first-order chi connectivity index (χ1) is 20.6. The Morgan fingerprint density at radius 3 is 2.23 bits per heavy atom. The Morgan fingerprint density at radius 1 is 0.953 bits per heavy atom. The van der Waals surface area contributed by atoms with Crippen molar-refractivity contribution < 1.29 is 24.2 Å². The molecule has 1 aromatic carbocycles. The van der Waals surface area contributed by atoms with Crippen molar-refractivity contribution in [3.05, 3.63) is 48.6 Å². The maximum Gasteiger partial charge on any atom is 0.253 e. The van der Waals surface area contributed by atoms with Gasteiger partial charge in [-0.15, -0.1) is 0 Å². The molecule has 9 nitrogen and oxygen atoms in total. The van der Waals surface area contributed by atoms with E-state index in [4.69, 9.17) is 4.74 Å². The van der Waals surface area contributed by atoms with Gasteiger partial charge in [0.05, 0.1) is 30.1 Å². The molecule has 3 amide bonds. The molecule has 0 bridgehead atoms. The topological polar surface area (TPSA) is 93.6 Å². The fourth-order valence-electron chi connectivity index (χ4n) is 7.86. The van der Waals surface area contributed by atoms with Crippen LogP contribution in [-0.4, -0.2) is 95.2 Å². The molecule has 1 unspecified atom stereocenters. The number of rotatable bonds is 10. The summed E-state index contributed by atoms with van der Waals surface area (Å²) in [6, 6.07) is 6.33.